The monoisotopic (exact) mass is 649 g/mol. The van der Waals surface area contributed by atoms with Crippen LogP contribution in [0.2, 0.25) is 15.1 Å². The molecule has 0 saturated heterocycles. The maximum absolute atomic E-state index is 14.1. The van der Waals surface area contributed by atoms with E-state index in [2.05, 4.69) is 5.32 Å². The van der Waals surface area contributed by atoms with Gasteiger partial charge in [0, 0.05) is 22.6 Å². The summed E-state index contributed by atoms with van der Waals surface area (Å²) in [5.41, 5.74) is 1.55. The van der Waals surface area contributed by atoms with E-state index < -0.39 is 28.5 Å². The van der Waals surface area contributed by atoms with Crippen LogP contribution < -0.4 is 9.62 Å². The van der Waals surface area contributed by atoms with E-state index in [1.165, 1.54) is 35.2 Å². The second-order valence-electron chi connectivity index (χ2n) is 10.6. The summed E-state index contributed by atoms with van der Waals surface area (Å²) in [6.07, 6.45) is 4.97. The van der Waals surface area contributed by atoms with Crippen LogP contribution in [0.25, 0.3) is 0 Å². The molecule has 3 aromatic rings. The molecular weight excluding hydrogens is 617 g/mol. The Morgan fingerprint density at radius 2 is 1.60 bits per heavy atom. The summed E-state index contributed by atoms with van der Waals surface area (Å²) in [6.45, 7) is 2.86. The number of hydrogen-bond donors (Lipinski definition) is 1. The van der Waals surface area contributed by atoms with Crippen molar-refractivity contribution < 1.29 is 18.0 Å². The van der Waals surface area contributed by atoms with Crippen LogP contribution in [0.3, 0.4) is 0 Å². The van der Waals surface area contributed by atoms with Gasteiger partial charge < -0.3 is 10.2 Å². The molecule has 0 bridgehead atoms. The lowest BCUT2D eigenvalue weighted by molar-refractivity contribution is -0.139. The van der Waals surface area contributed by atoms with Crippen LogP contribution in [-0.2, 0) is 26.2 Å². The van der Waals surface area contributed by atoms with Crippen molar-refractivity contribution in [2.75, 3.05) is 10.8 Å². The third-order valence-electron chi connectivity index (χ3n) is 7.48. The number of aryl methyl sites for hydroxylation is 1. The highest BCUT2D eigenvalue weighted by Gasteiger charge is 2.34. The number of benzene rings is 3. The second kappa shape index (κ2) is 14.1. The van der Waals surface area contributed by atoms with Gasteiger partial charge in [-0.2, -0.15) is 0 Å². The summed E-state index contributed by atoms with van der Waals surface area (Å²) in [7, 11) is -4.27. The van der Waals surface area contributed by atoms with E-state index in [1.54, 1.807) is 43.3 Å². The zero-order chi connectivity index (χ0) is 30.4. The fourth-order valence-corrected chi connectivity index (χ4v) is 7.05. The number of anilines is 1. The Hall–Kier alpha value is -2.78. The first-order valence-corrected chi connectivity index (χ1v) is 16.4. The molecule has 1 saturated carbocycles. The van der Waals surface area contributed by atoms with Gasteiger partial charge in [-0.25, -0.2) is 8.42 Å². The molecule has 0 unspecified atom stereocenters. The lowest BCUT2D eigenvalue weighted by Crippen LogP contribution is -2.53. The zero-order valence-corrected chi connectivity index (χ0v) is 26.6. The molecule has 1 N–H and O–H groups in total. The van der Waals surface area contributed by atoms with Crippen LogP contribution in [0.4, 0.5) is 5.69 Å². The van der Waals surface area contributed by atoms with Crippen molar-refractivity contribution in [1.82, 2.24) is 10.2 Å². The number of carbonyl (C=O) groups is 2. The van der Waals surface area contributed by atoms with E-state index >= 15 is 0 Å². The smallest absolute Gasteiger partial charge is 0.264 e. The molecule has 11 heteroatoms. The van der Waals surface area contributed by atoms with Crippen molar-refractivity contribution in [2.45, 2.75) is 69.5 Å². The fourth-order valence-electron chi connectivity index (χ4n) is 4.99. The Kier molecular flexibility index (Phi) is 10.8. The van der Waals surface area contributed by atoms with E-state index in [0.717, 1.165) is 42.0 Å². The highest BCUT2D eigenvalue weighted by atomic mass is 35.5. The Morgan fingerprint density at radius 1 is 0.929 bits per heavy atom. The minimum atomic E-state index is -4.27. The van der Waals surface area contributed by atoms with Crippen molar-refractivity contribution >= 4 is 62.3 Å². The summed E-state index contributed by atoms with van der Waals surface area (Å²) >= 11 is 19.2. The number of rotatable bonds is 10. The molecule has 3 aromatic carbocycles. The molecule has 1 aliphatic carbocycles. The van der Waals surface area contributed by atoms with Gasteiger partial charge in [0.1, 0.15) is 12.6 Å². The summed E-state index contributed by atoms with van der Waals surface area (Å²) in [4.78, 5) is 28.9. The third kappa shape index (κ3) is 7.78. The Morgan fingerprint density at radius 3 is 2.26 bits per heavy atom. The number of carbonyl (C=O) groups excluding carboxylic acids is 2. The van der Waals surface area contributed by atoms with E-state index in [4.69, 9.17) is 34.8 Å². The van der Waals surface area contributed by atoms with Crippen LogP contribution in [0.5, 0.6) is 0 Å². The minimum absolute atomic E-state index is 0.000538. The van der Waals surface area contributed by atoms with E-state index in [-0.39, 0.29) is 39.1 Å². The largest absolute Gasteiger partial charge is 0.352 e. The predicted octanol–water partition coefficient (Wildman–Crippen LogP) is 7.02. The molecule has 0 aliphatic heterocycles. The lowest BCUT2D eigenvalue weighted by Gasteiger charge is -2.33. The first-order chi connectivity index (χ1) is 20.0. The summed E-state index contributed by atoms with van der Waals surface area (Å²) < 4.78 is 28.9. The predicted molar refractivity (Wildman–Crippen MR) is 169 cm³/mol. The van der Waals surface area contributed by atoms with Gasteiger partial charge in [-0.1, -0.05) is 90.0 Å². The van der Waals surface area contributed by atoms with Gasteiger partial charge in [-0.15, -0.1) is 0 Å². The maximum Gasteiger partial charge on any atom is 0.264 e. The Bertz CT molecular complexity index is 1530. The summed E-state index contributed by atoms with van der Waals surface area (Å²) in [6, 6.07) is 16.9. The third-order valence-corrected chi connectivity index (χ3v) is 10.2. The SMILES string of the molecule is Cc1ccc(S(=O)(=O)N(CC(=O)N(Cc2ccccc2Cl)[C@@H](C)C(=O)NC2CCCCC2)c2cc(Cl)ccc2Cl)cc1. The first kappa shape index (κ1) is 32.1. The Balaban J connectivity index is 1.72. The molecule has 0 aromatic heterocycles. The minimum Gasteiger partial charge on any atom is -0.352 e. The van der Waals surface area contributed by atoms with Gasteiger partial charge in [0.2, 0.25) is 11.8 Å². The molecular formula is C31H34Cl3N3O4S. The van der Waals surface area contributed by atoms with Crippen LogP contribution in [0.15, 0.2) is 71.6 Å². The van der Waals surface area contributed by atoms with Crippen LogP contribution >= 0.6 is 34.8 Å². The molecule has 1 atom stereocenters. The van der Waals surface area contributed by atoms with Crippen molar-refractivity contribution in [3.05, 3.63) is 92.9 Å². The highest BCUT2D eigenvalue weighted by molar-refractivity contribution is 7.92. The first-order valence-electron chi connectivity index (χ1n) is 13.8. The number of nitrogens with zero attached hydrogens (tertiary/aromatic N) is 2. The van der Waals surface area contributed by atoms with Crippen LogP contribution in [-0.4, -0.2) is 43.8 Å². The molecule has 1 aliphatic rings. The number of halogens is 3. The number of nitrogens with one attached hydrogen (secondary N) is 1. The summed E-state index contributed by atoms with van der Waals surface area (Å²) in [5.74, 6) is -0.913. The van der Waals surface area contributed by atoms with Gasteiger partial charge in [0.15, 0.2) is 0 Å². The topological polar surface area (TPSA) is 86.8 Å². The van der Waals surface area contributed by atoms with Gasteiger partial charge in [0.25, 0.3) is 10.0 Å². The fraction of sp³-hybridized carbons (Fsp3) is 0.355. The number of sulfonamides is 1. The average molecular weight is 651 g/mol. The van der Waals surface area contributed by atoms with Crippen LogP contribution in [0.1, 0.15) is 50.2 Å². The summed E-state index contributed by atoms with van der Waals surface area (Å²) in [5, 5.41) is 3.86. The van der Waals surface area contributed by atoms with Gasteiger partial charge >= 0.3 is 0 Å². The van der Waals surface area contributed by atoms with Gasteiger partial charge in [-0.05, 0) is 68.7 Å². The molecule has 0 heterocycles. The average Bonchev–Trinajstić information content (AvgIpc) is 2.97. The normalized spacial score (nSPS) is 14.7. The maximum atomic E-state index is 14.1. The van der Waals surface area contributed by atoms with Crippen molar-refractivity contribution in [3.8, 4) is 0 Å². The van der Waals surface area contributed by atoms with Crippen molar-refractivity contribution in [3.63, 3.8) is 0 Å². The molecule has 42 heavy (non-hydrogen) atoms. The zero-order valence-electron chi connectivity index (χ0n) is 23.5. The van der Waals surface area contributed by atoms with E-state index in [0.29, 0.717) is 10.6 Å². The molecule has 1 fully saturated rings. The molecule has 2 amide bonds. The molecule has 4 rings (SSSR count). The molecule has 7 nitrogen and oxygen atoms in total. The van der Waals surface area contributed by atoms with E-state index in [1.807, 2.05) is 6.92 Å². The quantitative estimate of drug-likeness (QED) is 0.256. The van der Waals surface area contributed by atoms with Crippen molar-refractivity contribution in [1.29, 1.82) is 0 Å². The molecule has 0 radical (unpaired) electrons. The van der Waals surface area contributed by atoms with Gasteiger partial charge in [-0.3, -0.25) is 13.9 Å². The molecule has 0 spiro atoms. The lowest BCUT2D eigenvalue weighted by atomic mass is 9.95. The van der Waals surface area contributed by atoms with Crippen LogP contribution in [0, 0.1) is 6.92 Å². The number of amides is 2. The number of hydrogen-bond acceptors (Lipinski definition) is 4. The Labute approximate surface area is 262 Å². The van der Waals surface area contributed by atoms with E-state index in [9.17, 15) is 18.0 Å². The van der Waals surface area contributed by atoms with Gasteiger partial charge in [0.05, 0.1) is 15.6 Å². The molecule has 224 valence electrons. The highest BCUT2D eigenvalue weighted by Crippen LogP contribution is 2.33. The second-order valence-corrected chi connectivity index (χ2v) is 13.7. The standard InChI is InChI=1S/C31H34Cl3N3O4S/c1-21-12-15-26(16-13-21)42(40,41)37(29-18-24(32)14-17-28(29)34)20-30(38)36(19-23-8-6-7-11-27(23)33)22(2)31(39)35-25-9-4-3-5-10-25/h6-8,11-18,22,25H,3-5,9-10,19-20H2,1-2H3,(H,35,39)/t22-/m0/s1. The van der Waals surface area contributed by atoms with Crippen molar-refractivity contribution in [2.24, 2.45) is 0 Å².